The third kappa shape index (κ3) is 3.75. The molecule has 0 amide bonds. The van der Waals surface area contributed by atoms with Crippen LogP contribution in [-0.4, -0.2) is 46.3 Å². The van der Waals surface area contributed by atoms with Crippen LogP contribution in [0, 0.1) is 0 Å². The lowest BCUT2D eigenvalue weighted by atomic mass is 9.95. The van der Waals surface area contributed by atoms with E-state index in [1.165, 1.54) is 5.56 Å². The van der Waals surface area contributed by atoms with E-state index in [0.29, 0.717) is 6.04 Å². The van der Waals surface area contributed by atoms with Crippen molar-refractivity contribution >= 4 is 0 Å². The van der Waals surface area contributed by atoms with Crippen molar-refractivity contribution in [3.8, 4) is 0 Å². The van der Waals surface area contributed by atoms with Gasteiger partial charge < -0.3 is 10.4 Å². The first-order valence-electron chi connectivity index (χ1n) is 7.11. The molecule has 4 nitrogen and oxygen atoms in total. The van der Waals surface area contributed by atoms with Crippen LogP contribution >= 0.6 is 0 Å². The minimum absolute atomic E-state index is 0.138. The number of pyridine rings is 1. The molecule has 2 rings (SSSR count). The lowest BCUT2D eigenvalue weighted by Gasteiger charge is -2.42. The Kier molecular flexibility index (Phi) is 4.91. The fourth-order valence-corrected chi connectivity index (χ4v) is 2.85. The highest BCUT2D eigenvalue weighted by Crippen LogP contribution is 2.26. The standard InChI is InChI=1S/C15H25N3O/c1-15(2)6-8-17-11-14(5-9-19)18(15)12-13-4-3-7-16-10-13/h3-4,7,10,14,17,19H,5-6,8-9,11-12H2,1-2H3. The molecule has 0 aromatic carbocycles. The Labute approximate surface area is 115 Å². The maximum Gasteiger partial charge on any atom is 0.0446 e. The van der Waals surface area contributed by atoms with E-state index in [1.54, 1.807) is 0 Å². The quantitative estimate of drug-likeness (QED) is 0.862. The van der Waals surface area contributed by atoms with Gasteiger partial charge in [-0.05, 0) is 44.9 Å². The minimum Gasteiger partial charge on any atom is -0.396 e. The van der Waals surface area contributed by atoms with Gasteiger partial charge >= 0.3 is 0 Å². The molecule has 19 heavy (non-hydrogen) atoms. The topological polar surface area (TPSA) is 48.4 Å². The van der Waals surface area contributed by atoms with Crippen molar-refractivity contribution in [1.29, 1.82) is 0 Å². The van der Waals surface area contributed by atoms with Crippen LogP contribution in [0.4, 0.5) is 0 Å². The first-order chi connectivity index (χ1) is 9.13. The molecule has 0 aliphatic carbocycles. The zero-order chi connectivity index (χ0) is 13.7. The molecular weight excluding hydrogens is 238 g/mol. The van der Waals surface area contributed by atoms with Crippen LogP contribution < -0.4 is 5.32 Å². The zero-order valence-corrected chi connectivity index (χ0v) is 12.0. The molecule has 1 atom stereocenters. The highest BCUT2D eigenvalue weighted by molar-refractivity contribution is 5.10. The summed E-state index contributed by atoms with van der Waals surface area (Å²) in [6, 6.07) is 4.49. The monoisotopic (exact) mass is 263 g/mol. The smallest absolute Gasteiger partial charge is 0.0446 e. The molecule has 1 aliphatic rings. The minimum atomic E-state index is 0.138. The average Bonchev–Trinajstić information content (AvgIpc) is 2.53. The average molecular weight is 263 g/mol. The largest absolute Gasteiger partial charge is 0.396 e. The molecule has 1 aliphatic heterocycles. The molecule has 1 aromatic rings. The molecule has 106 valence electrons. The van der Waals surface area contributed by atoms with Gasteiger partial charge in [-0.15, -0.1) is 0 Å². The van der Waals surface area contributed by atoms with E-state index in [4.69, 9.17) is 0 Å². The fourth-order valence-electron chi connectivity index (χ4n) is 2.85. The number of aromatic nitrogens is 1. The summed E-state index contributed by atoms with van der Waals surface area (Å²) in [5, 5.41) is 12.8. The molecule has 4 heteroatoms. The van der Waals surface area contributed by atoms with Gasteiger partial charge in [-0.25, -0.2) is 0 Å². The molecule has 0 spiro atoms. The third-order valence-corrected chi connectivity index (χ3v) is 4.05. The summed E-state index contributed by atoms with van der Waals surface area (Å²) in [7, 11) is 0. The van der Waals surface area contributed by atoms with Gasteiger partial charge in [0.2, 0.25) is 0 Å². The number of nitrogens with one attached hydrogen (secondary N) is 1. The second-order valence-corrected chi connectivity index (χ2v) is 5.92. The van der Waals surface area contributed by atoms with Crippen LogP contribution in [-0.2, 0) is 6.54 Å². The Balaban J connectivity index is 2.18. The summed E-state index contributed by atoms with van der Waals surface area (Å²) >= 11 is 0. The molecule has 0 radical (unpaired) electrons. The van der Waals surface area contributed by atoms with E-state index in [9.17, 15) is 5.11 Å². The van der Waals surface area contributed by atoms with Gasteiger partial charge in [0.05, 0.1) is 0 Å². The maximum atomic E-state index is 9.30. The Morgan fingerprint density at radius 3 is 3.05 bits per heavy atom. The van der Waals surface area contributed by atoms with Gasteiger partial charge in [0.1, 0.15) is 0 Å². The van der Waals surface area contributed by atoms with Crippen LogP contribution in [0.5, 0.6) is 0 Å². The number of hydrogen-bond acceptors (Lipinski definition) is 4. The van der Waals surface area contributed by atoms with Gasteiger partial charge in [0.15, 0.2) is 0 Å². The van der Waals surface area contributed by atoms with Crippen molar-refractivity contribution in [1.82, 2.24) is 15.2 Å². The van der Waals surface area contributed by atoms with E-state index >= 15 is 0 Å². The molecule has 1 aromatic heterocycles. The number of nitrogens with zero attached hydrogens (tertiary/aromatic N) is 2. The number of hydrogen-bond donors (Lipinski definition) is 2. The van der Waals surface area contributed by atoms with Crippen LogP contribution in [0.3, 0.4) is 0 Å². The lowest BCUT2D eigenvalue weighted by molar-refractivity contribution is 0.0555. The van der Waals surface area contributed by atoms with Gasteiger partial charge in [0.25, 0.3) is 0 Å². The second kappa shape index (κ2) is 6.46. The Morgan fingerprint density at radius 1 is 1.53 bits per heavy atom. The summed E-state index contributed by atoms with van der Waals surface area (Å²) in [5.74, 6) is 0. The Morgan fingerprint density at radius 2 is 2.37 bits per heavy atom. The molecule has 1 unspecified atom stereocenters. The molecule has 0 saturated carbocycles. The van der Waals surface area contributed by atoms with Crippen molar-refractivity contribution < 1.29 is 5.11 Å². The van der Waals surface area contributed by atoms with Crippen LogP contribution in [0.25, 0.3) is 0 Å². The van der Waals surface area contributed by atoms with Gasteiger partial charge in [-0.2, -0.15) is 0 Å². The van der Waals surface area contributed by atoms with Crippen molar-refractivity contribution in [2.24, 2.45) is 0 Å². The molecular formula is C15H25N3O. The summed E-state index contributed by atoms with van der Waals surface area (Å²) in [5.41, 5.74) is 1.37. The van der Waals surface area contributed by atoms with Crippen molar-refractivity contribution in [3.05, 3.63) is 30.1 Å². The predicted octanol–water partition coefficient (Wildman–Crippen LogP) is 1.41. The first kappa shape index (κ1) is 14.4. The SMILES string of the molecule is CC1(C)CCNCC(CCO)N1Cc1cccnc1. The molecule has 0 bridgehead atoms. The summed E-state index contributed by atoms with van der Waals surface area (Å²) in [6.07, 6.45) is 5.68. The number of aliphatic hydroxyl groups excluding tert-OH is 1. The fraction of sp³-hybridized carbons (Fsp3) is 0.667. The molecule has 2 heterocycles. The van der Waals surface area contributed by atoms with Crippen LogP contribution in [0.15, 0.2) is 24.5 Å². The second-order valence-electron chi connectivity index (χ2n) is 5.92. The van der Waals surface area contributed by atoms with E-state index in [2.05, 4.69) is 35.1 Å². The van der Waals surface area contributed by atoms with Gasteiger partial charge in [0, 0.05) is 43.7 Å². The lowest BCUT2D eigenvalue weighted by Crippen LogP contribution is -2.50. The summed E-state index contributed by atoms with van der Waals surface area (Å²) in [4.78, 5) is 6.71. The van der Waals surface area contributed by atoms with Crippen molar-refractivity contribution in [3.63, 3.8) is 0 Å². The Hall–Kier alpha value is -0.970. The van der Waals surface area contributed by atoms with Crippen LogP contribution in [0.1, 0.15) is 32.3 Å². The Bertz CT molecular complexity index is 380. The summed E-state index contributed by atoms with van der Waals surface area (Å²) < 4.78 is 0. The van der Waals surface area contributed by atoms with E-state index in [0.717, 1.165) is 32.5 Å². The van der Waals surface area contributed by atoms with Crippen molar-refractivity contribution in [2.45, 2.75) is 44.8 Å². The van der Waals surface area contributed by atoms with Gasteiger partial charge in [-0.1, -0.05) is 6.07 Å². The zero-order valence-electron chi connectivity index (χ0n) is 12.0. The first-order valence-corrected chi connectivity index (χ1v) is 7.11. The normalized spacial score (nSPS) is 24.1. The number of rotatable bonds is 4. The highest BCUT2D eigenvalue weighted by Gasteiger charge is 2.34. The molecule has 1 saturated heterocycles. The number of aliphatic hydroxyl groups is 1. The highest BCUT2D eigenvalue weighted by atomic mass is 16.3. The van der Waals surface area contributed by atoms with Gasteiger partial charge in [-0.3, -0.25) is 9.88 Å². The van der Waals surface area contributed by atoms with Crippen LogP contribution in [0.2, 0.25) is 0 Å². The van der Waals surface area contributed by atoms with E-state index < -0.39 is 0 Å². The molecule has 2 N–H and O–H groups in total. The van der Waals surface area contributed by atoms with Crippen molar-refractivity contribution in [2.75, 3.05) is 19.7 Å². The summed E-state index contributed by atoms with van der Waals surface area (Å²) in [6.45, 7) is 7.71. The third-order valence-electron chi connectivity index (χ3n) is 4.05. The predicted molar refractivity (Wildman–Crippen MR) is 76.8 cm³/mol. The van der Waals surface area contributed by atoms with E-state index in [-0.39, 0.29) is 12.1 Å². The maximum absolute atomic E-state index is 9.30. The van der Waals surface area contributed by atoms with E-state index in [1.807, 2.05) is 18.5 Å². The molecule has 1 fully saturated rings.